The lowest BCUT2D eigenvalue weighted by Crippen LogP contribution is -2.40. The lowest BCUT2D eigenvalue weighted by Gasteiger charge is -2.28. The number of nitro benzene ring substituents is 1. The second-order valence-corrected chi connectivity index (χ2v) is 5.35. The van der Waals surface area contributed by atoms with E-state index in [0.717, 1.165) is 25.3 Å². The van der Waals surface area contributed by atoms with E-state index in [1.807, 2.05) is 13.8 Å². The Morgan fingerprint density at radius 3 is 2.76 bits per heavy atom. The standard InChI is InChI=1S/C14H18FN3O3/c1-3-9-5-4-8(2)17(9)14(19)10-6-12(16)11(15)7-13(10)18(20)21/h6-9H,3-5,16H2,1-2H3. The summed E-state index contributed by atoms with van der Waals surface area (Å²) < 4.78 is 13.4. The van der Waals surface area contributed by atoms with Crippen molar-refractivity contribution in [2.24, 2.45) is 0 Å². The topological polar surface area (TPSA) is 89.5 Å². The van der Waals surface area contributed by atoms with E-state index < -0.39 is 22.3 Å². The number of nitro groups is 1. The van der Waals surface area contributed by atoms with Crippen molar-refractivity contribution >= 4 is 17.3 Å². The van der Waals surface area contributed by atoms with E-state index in [1.165, 1.54) is 0 Å². The monoisotopic (exact) mass is 295 g/mol. The fraction of sp³-hybridized carbons (Fsp3) is 0.500. The van der Waals surface area contributed by atoms with Crippen molar-refractivity contribution < 1.29 is 14.1 Å². The first kappa shape index (κ1) is 15.2. The van der Waals surface area contributed by atoms with Crippen LogP contribution in [0.25, 0.3) is 0 Å². The predicted molar refractivity (Wildman–Crippen MR) is 76.4 cm³/mol. The van der Waals surface area contributed by atoms with Gasteiger partial charge in [-0.1, -0.05) is 6.92 Å². The number of rotatable bonds is 3. The largest absolute Gasteiger partial charge is 0.396 e. The molecule has 0 radical (unpaired) electrons. The molecule has 0 bridgehead atoms. The van der Waals surface area contributed by atoms with Crippen LogP contribution in [-0.2, 0) is 0 Å². The second kappa shape index (κ2) is 5.67. The number of carbonyl (C=O) groups excluding carboxylic acids is 1. The molecule has 7 heteroatoms. The van der Waals surface area contributed by atoms with Crippen molar-refractivity contribution in [3.05, 3.63) is 33.6 Å². The average Bonchev–Trinajstić information content (AvgIpc) is 2.81. The molecule has 0 spiro atoms. The maximum atomic E-state index is 13.4. The van der Waals surface area contributed by atoms with Gasteiger partial charge in [0.05, 0.1) is 16.7 Å². The van der Waals surface area contributed by atoms with Crippen LogP contribution in [0.3, 0.4) is 0 Å². The van der Waals surface area contributed by atoms with Gasteiger partial charge in [0.2, 0.25) is 0 Å². The maximum Gasteiger partial charge on any atom is 0.285 e. The Balaban J connectivity index is 2.47. The van der Waals surface area contributed by atoms with Gasteiger partial charge in [-0.25, -0.2) is 4.39 Å². The summed E-state index contributed by atoms with van der Waals surface area (Å²) in [6, 6.07) is 1.84. The molecule has 114 valence electrons. The number of anilines is 1. The number of halogens is 1. The van der Waals surface area contributed by atoms with Crippen molar-refractivity contribution in [2.75, 3.05) is 5.73 Å². The maximum absolute atomic E-state index is 13.4. The molecule has 1 aromatic carbocycles. The molecule has 1 aliphatic heterocycles. The van der Waals surface area contributed by atoms with Crippen LogP contribution in [0.15, 0.2) is 12.1 Å². The van der Waals surface area contributed by atoms with Crippen molar-refractivity contribution in [1.29, 1.82) is 0 Å². The van der Waals surface area contributed by atoms with Gasteiger partial charge in [0.15, 0.2) is 5.82 Å². The van der Waals surface area contributed by atoms with E-state index in [0.29, 0.717) is 6.07 Å². The predicted octanol–water partition coefficient (Wildman–Crippen LogP) is 2.72. The number of amides is 1. The minimum atomic E-state index is -0.889. The Kier molecular flexibility index (Phi) is 4.11. The lowest BCUT2D eigenvalue weighted by molar-refractivity contribution is -0.385. The molecule has 6 nitrogen and oxygen atoms in total. The third kappa shape index (κ3) is 2.68. The molecule has 0 saturated carbocycles. The first-order valence-corrected chi connectivity index (χ1v) is 6.92. The van der Waals surface area contributed by atoms with Crippen LogP contribution in [0.1, 0.15) is 43.5 Å². The summed E-state index contributed by atoms with van der Waals surface area (Å²) in [6.07, 6.45) is 2.50. The minimum Gasteiger partial charge on any atom is -0.396 e. The fourth-order valence-corrected chi connectivity index (χ4v) is 2.88. The zero-order chi connectivity index (χ0) is 15.7. The first-order valence-electron chi connectivity index (χ1n) is 6.92. The molecule has 2 rings (SSSR count). The molecule has 2 atom stereocenters. The highest BCUT2D eigenvalue weighted by molar-refractivity contribution is 5.99. The summed E-state index contributed by atoms with van der Waals surface area (Å²) >= 11 is 0. The highest BCUT2D eigenvalue weighted by Gasteiger charge is 2.36. The zero-order valence-electron chi connectivity index (χ0n) is 12.0. The number of nitrogens with two attached hydrogens (primary N) is 1. The normalized spacial score (nSPS) is 21.6. The molecule has 1 fully saturated rings. The fourth-order valence-electron chi connectivity index (χ4n) is 2.88. The average molecular weight is 295 g/mol. The molecule has 2 unspecified atom stereocenters. The quantitative estimate of drug-likeness (QED) is 0.527. The summed E-state index contributed by atoms with van der Waals surface area (Å²) in [7, 11) is 0. The molecule has 1 aromatic rings. The molecule has 0 aliphatic carbocycles. The Hall–Kier alpha value is -2.18. The Morgan fingerprint density at radius 1 is 1.52 bits per heavy atom. The van der Waals surface area contributed by atoms with Gasteiger partial charge in [-0.2, -0.15) is 0 Å². The summed E-state index contributed by atoms with van der Waals surface area (Å²) in [5.41, 5.74) is 4.51. The van der Waals surface area contributed by atoms with Crippen LogP contribution in [-0.4, -0.2) is 27.8 Å². The van der Waals surface area contributed by atoms with Crippen molar-refractivity contribution in [2.45, 2.75) is 45.2 Å². The number of carbonyl (C=O) groups is 1. The summed E-state index contributed by atoms with van der Waals surface area (Å²) in [6.45, 7) is 3.88. The van der Waals surface area contributed by atoms with Crippen molar-refractivity contribution in [3.8, 4) is 0 Å². The molecule has 1 amide bonds. The summed E-state index contributed by atoms with van der Waals surface area (Å²) in [4.78, 5) is 24.6. The van der Waals surface area contributed by atoms with Gasteiger partial charge in [0.1, 0.15) is 5.56 Å². The van der Waals surface area contributed by atoms with Gasteiger partial charge in [-0.15, -0.1) is 0 Å². The van der Waals surface area contributed by atoms with Crippen LogP contribution >= 0.6 is 0 Å². The Labute approximate surface area is 121 Å². The Bertz CT molecular complexity index is 591. The number of hydrogen-bond donors (Lipinski definition) is 1. The van der Waals surface area contributed by atoms with Crippen molar-refractivity contribution in [1.82, 2.24) is 4.90 Å². The highest BCUT2D eigenvalue weighted by Crippen LogP contribution is 2.32. The number of nitrogens with zero attached hydrogens (tertiary/aromatic N) is 2. The van der Waals surface area contributed by atoms with E-state index in [4.69, 9.17) is 5.73 Å². The van der Waals surface area contributed by atoms with E-state index in [2.05, 4.69) is 0 Å². The lowest BCUT2D eigenvalue weighted by atomic mass is 10.1. The third-order valence-corrected chi connectivity index (χ3v) is 4.03. The van der Waals surface area contributed by atoms with Crippen molar-refractivity contribution in [3.63, 3.8) is 0 Å². The molecular formula is C14H18FN3O3. The van der Waals surface area contributed by atoms with Crippen LogP contribution in [0.2, 0.25) is 0 Å². The van der Waals surface area contributed by atoms with Gasteiger partial charge in [0, 0.05) is 12.1 Å². The van der Waals surface area contributed by atoms with E-state index in [9.17, 15) is 19.3 Å². The summed E-state index contributed by atoms with van der Waals surface area (Å²) in [5, 5.41) is 11.1. The van der Waals surface area contributed by atoms with Crippen LogP contribution in [0.4, 0.5) is 15.8 Å². The third-order valence-electron chi connectivity index (χ3n) is 4.03. The number of likely N-dealkylation sites (tertiary alicyclic amines) is 1. The molecule has 1 heterocycles. The number of nitrogen functional groups attached to an aromatic ring is 1. The van der Waals surface area contributed by atoms with Gasteiger partial charge in [0.25, 0.3) is 11.6 Å². The second-order valence-electron chi connectivity index (χ2n) is 5.35. The Morgan fingerprint density at radius 2 is 2.19 bits per heavy atom. The van der Waals surface area contributed by atoms with E-state index in [1.54, 1.807) is 4.90 Å². The molecule has 1 aliphatic rings. The van der Waals surface area contributed by atoms with Crippen LogP contribution < -0.4 is 5.73 Å². The molecule has 1 saturated heterocycles. The van der Waals surface area contributed by atoms with Gasteiger partial charge in [-0.05, 0) is 32.3 Å². The molecule has 0 aromatic heterocycles. The van der Waals surface area contributed by atoms with Crippen LogP contribution in [0.5, 0.6) is 0 Å². The number of hydrogen-bond acceptors (Lipinski definition) is 4. The van der Waals surface area contributed by atoms with E-state index >= 15 is 0 Å². The molecular weight excluding hydrogens is 277 g/mol. The van der Waals surface area contributed by atoms with Gasteiger partial charge < -0.3 is 10.6 Å². The summed E-state index contributed by atoms with van der Waals surface area (Å²) in [5.74, 6) is -1.34. The highest BCUT2D eigenvalue weighted by atomic mass is 19.1. The first-order chi connectivity index (χ1) is 9.86. The SMILES string of the molecule is CCC1CCC(C)N1C(=O)c1cc(N)c(F)cc1[N+](=O)[O-]. The van der Waals surface area contributed by atoms with E-state index in [-0.39, 0.29) is 23.3 Å². The van der Waals surface area contributed by atoms with Gasteiger partial charge >= 0.3 is 0 Å². The van der Waals surface area contributed by atoms with Crippen LogP contribution in [0, 0.1) is 15.9 Å². The molecule has 21 heavy (non-hydrogen) atoms. The zero-order valence-corrected chi connectivity index (χ0v) is 12.0. The minimum absolute atomic E-state index is 0.00771. The smallest absolute Gasteiger partial charge is 0.285 e. The van der Waals surface area contributed by atoms with Gasteiger partial charge in [-0.3, -0.25) is 14.9 Å². The number of benzene rings is 1. The molecule has 2 N–H and O–H groups in total.